The zero-order chi connectivity index (χ0) is 15.4. The predicted octanol–water partition coefficient (Wildman–Crippen LogP) is 1.82. The monoisotopic (exact) mass is 287 g/mol. The normalized spacial score (nSPS) is 12.3. The average Bonchev–Trinajstić information content (AvgIpc) is 2.45. The van der Waals surface area contributed by atoms with Crippen LogP contribution in [0.5, 0.6) is 0 Å². The molecule has 1 aromatic carbocycles. The summed E-state index contributed by atoms with van der Waals surface area (Å²) >= 11 is 0. The number of aromatic nitrogens is 1. The number of nitrogens with zero attached hydrogens (tertiary/aromatic N) is 2. The molecule has 0 fully saturated rings. The molecule has 1 heterocycles. The summed E-state index contributed by atoms with van der Waals surface area (Å²) in [5, 5.41) is 12.9. The fourth-order valence-electron chi connectivity index (χ4n) is 2.08. The Hall–Kier alpha value is -2.47. The predicted molar refractivity (Wildman–Crippen MR) is 80.5 cm³/mol. The van der Waals surface area contributed by atoms with Crippen LogP contribution < -0.4 is 5.32 Å². The molecule has 21 heavy (non-hydrogen) atoms. The van der Waals surface area contributed by atoms with Gasteiger partial charge in [-0.3, -0.25) is 4.90 Å². The maximum atomic E-state index is 11.2. The van der Waals surface area contributed by atoms with Crippen molar-refractivity contribution in [1.29, 1.82) is 0 Å². The highest BCUT2D eigenvalue weighted by molar-refractivity contribution is 6.02. The van der Waals surface area contributed by atoms with Crippen molar-refractivity contribution in [2.75, 3.05) is 19.4 Å². The van der Waals surface area contributed by atoms with Gasteiger partial charge in [-0.1, -0.05) is 6.07 Å². The first-order chi connectivity index (χ1) is 10.0. The minimum atomic E-state index is -0.977. The van der Waals surface area contributed by atoms with E-state index in [1.54, 1.807) is 30.3 Å². The van der Waals surface area contributed by atoms with Gasteiger partial charge in [0.1, 0.15) is 12.1 Å². The summed E-state index contributed by atoms with van der Waals surface area (Å²) in [4.78, 5) is 28.1. The second-order valence-corrected chi connectivity index (χ2v) is 4.90. The highest BCUT2D eigenvalue weighted by Crippen LogP contribution is 2.20. The van der Waals surface area contributed by atoms with Crippen LogP contribution >= 0.6 is 0 Å². The third kappa shape index (κ3) is 3.35. The van der Waals surface area contributed by atoms with E-state index in [2.05, 4.69) is 10.3 Å². The fraction of sp³-hybridized carbons (Fsp3) is 0.267. The van der Waals surface area contributed by atoms with E-state index in [1.165, 1.54) is 0 Å². The Bertz CT molecular complexity index is 670. The summed E-state index contributed by atoms with van der Waals surface area (Å²) in [6, 6.07) is 8.42. The zero-order valence-corrected chi connectivity index (χ0v) is 11.9. The van der Waals surface area contributed by atoms with Crippen molar-refractivity contribution in [3.05, 3.63) is 35.9 Å². The molecule has 1 aromatic heterocycles. The van der Waals surface area contributed by atoms with Gasteiger partial charge in [0.25, 0.3) is 0 Å². The lowest BCUT2D eigenvalue weighted by Crippen LogP contribution is -2.35. The number of aromatic carboxylic acids is 1. The quantitative estimate of drug-likeness (QED) is 0.623. The van der Waals surface area contributed by atoms with E-state index in [0.717, 1.165) is 6.29 Å². The van der Waals surface area contributed by atoms with Gasteiger partial charge >= 0.3 is 5.97 Å². The van der Waals surface area contributed by atoms with Gasteiger partial charge in [-0.05, 0) is 38.4 Å². The number of rotatable bonds is 6. The molecule has 2 rings (SSSR count). The number of hydrogen-bond acceptors (Lipinski definition) is 5. The molecule has 0 spiro atoms. The minimum absolute atomic E-state index is 0.157. The van der Waals surface area contributed by atoms with Crippen molar-refractivity contribution < 1.29 is 14.7 Å². The molecule has 0 amide bonds. The summed E-state index contributed by atoms with van der Waals surface area (Å²) in [6.07, 6.45) is 1.03. The Labute approximate surface area is 122 Å². The number of carboxylic acid groups (broad SMARTS) is 1. The molecule has 1 unspecified atom stereocenters. The van der Waals surface area contributed by atoms with Crippen LogP contribution in [0.4, 0.5) is 5.82 Å². The molecule has 0 aliphatic heterocycles. The maximum Gasteiger partial charge on any atom is 0.336 e. The number of nitrogens with one attached hydrogen (secondary N) is 1. The molecular formula is C15H17N3O3. The first-order valence-electron chi connectivity index (χ1n) is 6.52. The lowest BCUT2D eigenvalue weighted by Gasteiger charge is -2.24. The van der Waals surface area contributed by atoms with Crippen LogP contribution in [0.1, 0.15) is 16.8 Å². The van der Waals surface area contributed by atoms with Crippen molar-refractivity contribution in [1.82, 2.24) is 9.88 Å². The number of aldehydes is 1. The Balaban J connectivity index is 2.35. The van der Waals surface area contributed by atoms with Crippen LogP contribution in [0.25, 0.3) is 10.9 Å². The molecule has 1 atom stereocenters. The van der Waals surface area contributed by atoms with Gasteiger partial charge in [0.15, 0.2) is 0 Å². The van der Waals surface area contributed by atoms with Gasteiger partial charge in [0, 0.05) is 11.8 Å². The second kappa shape index (κ2) is 6.32. The van der Waals surface area contributed by atoms with Gasteiger partial charge in [-0.25, -0.2) is 9.78 Å². The molecule has 2 N–H and O–H groups in total. The van der Waals surface area contributed by atoms with Crippen molar-refractivity contribution in [2.45, 2.75) is 12.6 Å². The SMILES string of the molecule is CN(C)C(CC=O)Nc1ccc2c(C(=O)O)cccc2n1. The Morgan fingerprint density at radius 3 is 2.76 bits per heavy atom. The van der Waals surface area contributed by atoms with E-state index >= 15 is 0 Å². The number of benzene rings is 1. The van der Waals surface area contributed by atoms with Crippen molar-refractivity contribution in [3.8, 4) is 0 Å². The van der Waals surface area contributed by atoms with Crippen LogP contribution in [-0.2, 0) is 4.79 Å². The summed E-state index contributed by atoms with van der Waals surface area (Å²) in [7, 11) is 3.73. The van der Waals surface area contributed by atoms with E-state index in [0.29, 0.717) is 23.1 Å². The number of hydrogen-bond donors (Lipinski definition) is 2. The molecule has 0 saturated heterocycles. The molecular weight excluding hydrogens is 270 g/mol. The molecule has 0 bridgehead atoms. The zero-order valence-electron chi connectivity index (χ0n) is 11.9. The summed E-state index contributed by atoms with van der Waals surface area (Å²) in [5.74, 6) is -0.374. The van der Waals surface area contributed by atoms with E-state index in [9.17, 15) is 9.59 Å². The standard InChI is InChI=1S/C15H17N3O3/c1-18(2)14(8-9-19)17-13-7-6-10-11(15(20)21)4-3-5-12(10)16-13/h3-7,9,14H,8H2,1-2H3,(H,16,17)(H,20,21). The first-order valence-corrected chi connectivity index (χ1v) is 6.52. The van der Waals surface area contributed by atoms with Gasteiger partial charge in [0.2, 0.25) is 0 Å². The number of carboxylic acids is 1. The van der Waals surface area contributed by atoms with Gasteiger partial charge in [0.05, 0.1) is 17.2 Å². The maximum absolute atomic E-state index is 11.2. The van der Waals surface area contributed by atoms with Crippen LogP contribution in [0.15, 0.2) is 30.3 Å². The third-order valence-corrected chi connectivity index (χ3v) is 3.22. The van der Waals surface area contributed by atoms with E-state index in [4.69, 9.17) is 5.11 Å². The molecule has 110 valence electrons. The number of carbonyl (C=O) groups is 2. The Kier molecular flexibility index (Phi) is 4.49. The topological polar surface area (TPSA) is 82.5 Å². The highest BCUT2D eigenvalue weighted by atomic mass is 16.4. The third-order valence-electron chi connectivity index (χ3n) is 3.22. The summed E-state index contributed by atoms with van der Waals surface area (Å²) < 4.78 is 0. The molecule has 6 nitrogen and oxygen atoms in total. The fourth-order valence-corrected chi connectivity index (χ4v) is 2.08. The van der Waals surface area contributed by atoms with Crippen molar-refractivity contribution >= 4 is 29.0 Å². The number of carbonyl (C=O) groups excluding carboxylic acids is 1. The molecule has 0 saturated carbocycles. The summed E-state index contributed by atoms with van der Waals surface area (Å²) in [6.45, 7) is 0. The summed E-state index contributed by atoms with van der Waals surface area (Å²) in [5.41, 5.74) is 0.826. The lowest BCUT2D eigenvalue weighted by molar-refractivity contribution is -0.108. The molecule has 6 heteroatoms. The average molecular weight is 287 g/mol. The molecule has 0 aliphatic carbocycles. The number of fused-ring (bicyclic) bond motifs is 1. The van der Waals surface area contributed by atoms with Crippen molar-refractivity contribution in [3.63, 3.8) is 0 Å². The van der Waals surface area contributed by atoms with Crippen molar-refractivity contribution in [2.24, 2.45) is 0 Å². The van der Waals surface area contributed by atoms with Gasteiger partial charge < -0.3 is 15.2 Å². The van der Waals surface area contributed by atoms with E-state index in [1.807, 2.05) is 19.0 Å². The number of pyridine rings is 1. The van der Waals surface area contributed by atoms with Crippen LogP contribution in [0.3, 0.4) is 0 Å². The molecule has 2 aromatic rings. The van der Waals surface area contributed by atoms with E-state index in [-0.39, 0.29) is 11.7 Å². The van der Waals surface area contributed by atoms with E-state index < -0.39 is 5.97 Å². The Morgan fingerprint density at radius 2 is 2.14 bits per heavy atom. The van der Waals surface area contributed by atoms with Crippen LogP contribution in [0.2, 0.25) is 0 Å². The van der Waals surface area contributed by atoms with Gasteiger partial charge in [-0.2, -0.15) is 0 Å². The lowest BCUT2D eigenvalue weighted by atomic mass is 10.1. The second-order valence-electron chi connectivity index (χ2n) is 4.90. The van der Waals surface area contributed by atoms with Crippen LogP contribution in [-0.4, -0.2) is 47.5 Å². The van der Waals surface area contributed by atoms with Gasteiger partial charge in [-0.15, -0.1) is 0 Å². The smallest absolute Gasteiger partial charge is 0.336 e. The van der Waals surface area contributed by atoms with Crippen LogP contribution in [0, 0.1) is 0 Å². The largest absolute Gasteiger partial charge is 0.478 e. The molecule has 0 radical (unpaired) electrons. The highest BCUT2D eigenvalue weighted by Gasteiger charge is 2.13. The minimum Gasteiger partial charge on any atom is -0.478 e. The Morgan fingerprint density at radius 1 is 1.38 bits per heavy atom. The number of anilines is 1. The first kappa shape index (κ1) is 14.9. The molecule has 0 aliphatic rings.